The number of anilines is 1. The van der Waals surface area contributed by atoms with E-state index < -0.39 is 16.1 Å². The average Bonchev–Trinajstić information content (AvgIpc) is 3.34. The molecule has 0 aromatic heterocycles. The number of nitrogens with zero attached hydrogens (tertiary/aromatic N) is 2. The molecule has 1 saturated carbocycles. The van der Waals surface area contributed by atoms with Crippen molar-refractivity contribution in [1.82, 2.24) is 10.2 Å². The van der Waals surface area contributed by atoms with Gasteiger partial charge in [-0.05, 0) is 68.5 Å². The second-order valence-electron chi connectivity index (χ2n) is 9.64. The standard InChI is InChI=1S/C27H35Cl2N3O4S/c1-19-24(29)13-7-14-25(19)32(37(3,35)36)16-8-15-26(33)31(18-21-9-6-10-22(28)17-21)20(2)27(34)30-23-11-4-5-12-23/h6-7,9-10,13-14,17,20,23H,4-5,8,11-12,15-16,18H2,1-3H3,(H,30,34)/t20-/m1/s1. The number of benzene rings is 2. The normalized spacial score (nSPS) is 14.8. The van der Waals surface area contributed by atoms with E-state index in [0.717, 1.165) is 37.5 Å². The van der Waals surface area contributed by atoms with E-state index in [9.17, 15) is 18.0 Å². The predicted octanol–water partition coefficient (Wildman–Crippen LogP) is 5.32. The third-order valence-corrected chi connectivity index (χ3v) is 8.60. The van der Waals surface area contributed by atoms with Crippen LogP contribution in [-0.2, 0) is 26.2 Å². The maximum atomic E-state index is 13.4. The van der Waals surface area contributed by atoms with E-state index in [1.807, 2.05) is 6.07 Å². The molecule has 2 aromatic carbocycles. The summed E-state index contributed by atoms with van der Waals surface area (Å²) in [5.74, 6) is -0.417. The van der Waals surface area contributed by atoms with Crippen LogP contribution in [0, 0.1) is 6.92 Å². The van der Waals surface area contributed by atoms with Gasteiger partial charge in [-0.2, -0.15) is 0 Å². The lowest BCUT2D eigenvalue weighted by atomic mass is 10.1. The zero-order chi connectivity index (χ0) is 27.2. The lowest BCUT2D eigenvalue weighted by Crippen LogP contribution is -2.49. The van der Waals surface area contributed by atoms with Crippen molar-refractivity contribution in [2.75, 3.05) is 17.1 Å². The van der Waals surface area contributed by atoms with Crippen LogP contribution in [0.3, 0.4) is 0 Å². The minimum atomic E-state index is -3.60. The second-order valence-corrected chi connectivity index (χ2v) is 12.4. The average molecular weight is 569 g/mol. The molecule has 1 aliphatic carbocycles. The van der Waals surface area contributed by atoms with Gasteiger partial charge in [-0.3, -0.25) is 13.9 Å². The van der Waals surface area contributed by atoms with Crippen molar-refractivity contribution in [1.29, 1.82) is 0 Å². The molecule has 1 N–H and O–H groups in total. The molecule has 0 heterocycles. The Hall–Kier alpha value is -2.29. The third-order valence-electron chi connectivity index (χ3n) is 6.77. The van der Waals surface area contributed by atoms with Gasteiger partial charge in [0.2, 0.25) is 21.8 Å². The summed E-state index contributed by atoms with van der Waals surface area (Å²) in [7, 11) is -3.60. The molecule has 10 heteroatoms. The van der Waals surface area contributed by atoms with Crippen molar-refractivity contribution in [3.63, 3.8) is 0 Å². The number of carbonyl (C=O) groups is 2. The van der Waals surface area contributed by atoms with Crippen LogP contribution < -0.4 is 9.62 Å². The number of amides is 2. The van der Waals surface area contributed by atoms with E-state index in [1.165, 1.54) is 4.31 Å². The van der Waals surface area contributed by atoms with Crippen molar-refractivity contribution in [3.05, 3.63) is 63.6 Å². The minimum Gasteiger partial charge on any atom is -0.352 e. The molecule has 202 valence electrons. The van der Waals surface area contributed by atoms with Crippen LogP contribution in [0.4, 0.5) is 5.69 Å². The molecule has 0 spiro atoms. The van der Waals surface area contributed by atoms with Crippen molar-refractivity contribution in [2.24, 2.45) is 0 Å². The number of nitrogens with one attached hydrogen (secondary N) is 1. The number of hydrogen-bond donors (Lipinski definition) is 1. The first kappa shape index (κ1) is 29.3. The number of carbonyl (C=O) groups excluding carboxylic acids is 2. The largest absolute Gasteiger partial charge is 0.352 e. The highest BCUT2D eigenvalue weighted by molar-refractivity contribution is 7.92. The van der Waals surface area contributed by atoms with Gasteiger partial charge < -0.3 is 10.2 Å². The third kappa shape index (κ3) is 8.09. The van der Waals surface area contributed by atoms with Crippen LogP contribution in [0.15, 0.2) is 42.5 Å². The fraction of sp³-hybridized carbons (Fsp3) is 0.481. The van der Waals surface area contributed by atoms with Gasteiger partial charge in [0, 0.05) is 35.6 Å². The fourth-order valence-corrected chi connectivity index (χ4v) is 6.05. The highest BCUT2D eigenvalue weighted by atomic mass is 35.5. The topological polar surface area (TPSA) is 86.8 Å². The van der Waals surface area contributed by atoms with Crippen LogP contribution in [0.5, 0.6) is 0 Å². The van der Waals surface area contributed by atoms with Gasteiger partial charge in [0.05, 0.1) is 11.9 Å². The molecule has 0 unspecified atom stereocenters. The van der Waals surface area contributed by atoms with E-state index >= 15 is 0 Å². The number of rotatable bonds is 11. The number of hydrogen-bond acceptors (Lipinski definition) is 4. The van der Waals surface area contributed by atoms with Crippen molar-refractivity contribution in [3.8, 4) is 0 Å². The SMILES string of the molecule is Cc1c(Cl)cccc1N(CCCC(=O)N(Cc1cccc(Cl)c1)[C@H](C)C(=O)NC1CCCC1)S(C)(=O)=O. The predicted molar refractivity (Wildman–Crippen MR) is 149 cm³/mol. The Labute approximate surface area is 230 Å². The summed E-state index contributed by atoms with van der Waals surface area (Å²) in [6, 6.07) is 11.8. The summed E-state index contributed by atoms with van der Waals surface area (Å²) in [5.41, 5.74) is 1.96. The first-order valence-corrected chi connectivity index (χ1v) is 15.1. The summed E-state index contributed by atoms with van der Waals surface area (Å²) in [6.07, 6.45) is 5.57. The van der Waals surface area contributed by atoms with Crippen molar-refractivity contribution < 1.29 is 18.0 Å². The fourth-order valence-electron chi connectivity index (χ4n) is 4.66. The van der Waals surface area contributed by atoms with E-state index in [1.54, 1.807) is 55.1 Å². The Balaban J connectivity index is 1.74. The number of sulfonamides is 1. The van der Waals surface area contributed by atoms with Crippen LogP contribution >= 0.6 is 23.2 Å². The highest BCUT2D eigenvalue weighted by Crippen LogP contribution is 2.28. The van der Waals surface area contributed by atoms with Gasteiger partial charge >= 0.3 is 0 Å². The lowest BCUT2D eigenvalue weighted by Gasteiger charge is -2.30. The Morgan fingerprint density at radius 1 is 1.11 bits per heavy atom. The molecular weight excluding hydrogens is 533 g/mol. The van der Waals surface area contributed by atoms with Crippen molar-refractivity contribution >= 4 is 50.7 Å². The van der Waals surface area contributed by atoms with E-state index in [-0.39, 0.29) is 43.8 Å². The smallest absolute Gasteiger partial charge is 0.242 e. The second kappa shape index (κ2) is 13.0. The van der Waals surface area contributed by atoms with Gasteiger partial charge in [-0.25, -0.2) is 8.42 Å². The monoisotopic (exact) mass is 567 g/mol. The lowest BCUT2D eigenvalue weighted by molar-refractivity contribution is -0.141. The first-order chi connectivity index (χ1) is 17.5. The molecule has 2 aromatic rings. The van der Waals surface area contributed by atoms with Crippen LogP contribution in [-0.4, -0.2) is 50.0 Å². The maximum Gasteiger partial charge on any atom is 0.242 e. The Morgan fingerprint density at radius 3 is 2.43 bits per heavy atom. The molecule has 0 bridgehead atoms. The van der Waals surface area contributed by atoms with Gasteiger partial charge in [-0.15, -0.1) is 0 Å². The first-order valence-electron chi connectivity index (χ1n) is 12.5. The van der Waals surface area contributed by atoms with Gasteiger partial charge in [0.15, 0.2) is 0 Å². The van der Waals surface area contributed by atoms with Crippen LogP contribution in [0.1, 0.15) is 56.6 Å². The van der Waals surface area contributed by atoms with Crippen LogP contribution in [0.2, 0.25) is 10.0 Å². The summed E-state index contributed by atoms with van der Waals surface area (Å²) in [5, 5.41) is 4.10. The quantitative estimate of drug-likeness (QED) is 0.398. The van der Waals surface area contributed by atoms with E-state index in [2.05, 4.69) is 5.32 Å². The Bertz CT molecular complexity index is 1220. The molecule has 0 aliphatic heterocycles. The summed E-state index contributed by atoms with van der Waals surface area (Å²) in [6.45, 7) is 3.82. The molecule has 1 fully saturated rings. The van der Waals surface area contributed by atoms with E-state index in [4.69, 9.17) is 23.2 Å². The zero-order valence-electron chi connectivity index (χ0n) is 21.5. The molecule has 0 saturated heterocycles. The summed E-state index contributed by atoms with van der Waals surface area (Å²) < 4.78 is 26.4. The molecule has 7 nitrogen and oxygen atoms in total. The van der Waals surface area contributed by atoms with Gasteiger partial charge in [0.25, 0.3) is 0 Å². The molecule has 3 rings (SSSR count). The van der Waals surface area contributed by atoms with Crippen molar-refractivity contribution in [2.45, 2.75) is 71.0 Å². The Morgan fingerprint density at radius 2 is 1.78 bits per heavy atom. The molecule has 0 radical (unpaired) electrons. The maximum absolute atomic E-state index is 13.4. The summed E-state index contributed by atoms with van der Waals surface area (Å²) in [4.78, 5) is 28.0. The van der Waals surface area contributed by atoms with Crippen LogP contribution in [0.25, 0.3) is 0 Å². The zero-order valence-corrected chi connectivity index (χ0v) is 23.9. The van der Waals surface area contributed by atoms with Gasteiger partial charge in [-0.1, -0.05) is 54.2 Å². The Kier molecular flexibility index (Phi) is 10.3. The molecule has 1 aliphatic rings. The van der Waals surface area contributed by atoms with E-state index in [0.29, 0.717) is 21.3 Å². The molecule has 1 atom stereocenters. The minimum absolute atomic E-state index is 0.0766. The summed E-state index contributed by atoms with van der Waals surface area (Å²) >= 11 is 12.4. The van der Waals surface area contributed by atoms with Gasteiger partial charge in [0.1, 0.15) is 6.04 Å². The molecular formula is C27H35Cl2N3O4S. The number of halogens is 2. The molecule has 37 heavy (non-hydrogen) atoms. The highest BCUT2D eigenvalue weighted by Gasteiger charge is 2.29. The molecule has 2 amide bonds.